The molecule has 0 spiro atoms. The summed E-state index contributed by atoms with van der Waals surface area (Å²) in [6.07, 6.45) is 8.63. The summed E-state index contributed by atoms with van der Waals surface area (Å²) >= 11 is 0. The van der Waals surface area contributed by atoms with Gasteiger partial charge in [-0.15, -0.1) is 0 Å². The van der Waals surface area contributed by atoms with Crippen molar-refractivity contribution in [3.63, 3.8) is 0 Å². The first-order valence-corrected chi connectivity index (χ1v) is 13.6. The highest BCUT2D eigenvalue weighted by atomic mass is 14.1. The topological polar surface area (TPSA) is 0 Å². The smallest absolute Gasteiger partial charge is 0.00328 e. The van der Waals surface area contributed by atoms with Crippen molar-refractivity contribution < 1.29 is 0 Å². The van der Waals surface area contributed by atoms with Gasteiger partial charge in [0.1, 0.15) is 0 Å². The molecule has 0 unspecified atom stereocenters. The summed E-state index contributed by atoms with van der Waals surface area (Å²) in [6.45, 7) is 0. The lowest BCUT2D eigenvalue weighted by molar-refractivity contribution is 1.56. The molecule has 0 saturated carbocycles. The first kappa shape index (κ1) is 26.4. The van der Waals surface area contributed by atoms with Crippen LogP contribution in [-0.4, -0.2) is 0 Å². The molecule has 0 N–H and O–H groups in total. The quantitative estimate of drug-likeness (QED) is 0.195. The molecule has 6 rings (SSSR count). The average Bonchev–Trinajstić information content (AvgIpc) is 3.05. The molecule has 0 nitrogen and oxygen atoms in total. The van der Waals surface area contributed by atoms with E-state index in [-0.39, 0.29) is 0 Å². The summed E-state index contributed by atoms with van der Waals surface area (Å²) in [5, 5.41) is 0. The predicted molar refractivity (Wildman–Crippen MR) is 174 cm³/mol. The standard InChI is InChI=1S/C26H20.C14H12/c1-4-11-21(12-5-1)19-20-24-17-10-18-25(22-13-6-2-7-14-22)26(24)23-15-8-3-9-16-23;1-3-7-13(8-4-1)11-12-14-9-5-2-6-10-14/h1-20H;1-12H. The van der Waals surface area contributed by atoms with Gasteiger partial charge >= 0.3 is 0 Å². The van der Waals surface area contributed by atoms with Crippen molar-refractivity contribution in [3.8, 4) is 22.3 Å². The Kier molecular flexibility index (Phi) is 9.30. The molecule has 0 aromatic heterocycles. The van der Waals surface area contributed by atoms with Crippen molar-refractivity contribution in [2.75, 3.05) is 0 Å². The molecule has 0 heterocycles. The van der Waals surface area contributed by atoms with Crippen LogP contribution in [0.3, 0.4) is 0 Å². The van der Waals surface area contributed by atoms with Crippen molar-refractivity contribution in [2.24, 2.45) is 0 Å². The number of rotatable bonds is 6. The Hall–Kier alpha value is -5.20. The second-order valence-electron chi connectivity index (χ2n) is 9.40. The molecule has 0 aliphatic carbocycles. The van der Waals surface area contributed by atoms with Crippen LogP contribution < -0.4 is 0 Å². The van der Waals surface area contributed by atoms with Crippen LogP contribution in [0, 0.1) is 0 Å². The highest BCUT2D eigenvalue weighted by Gasteiger charge is 2.10. The normalized spacial score (nSPS) is 10.8. The molecule has 192 valence electrons. The van der Waals surface area contributed by atoms with Gasteiger partial charge < -0.3 is 0 Å². The largest absolute Gasteiger partial charge is 0.0622 e. The average molecular weight is 513 g/mol. The summed E-state index contributed by atoms with van der Waals surface area (Å²) in [4.78, 5) is 0. The van der Waals surface area contributed by atoms with E-state index >= 15 is 0 Å². The van der Waals surface area contributed by atoms with Gasteiger partial charge in [-0.3, -0.25) is 0 Å². The van der Waals surface area contributed by atoms with Crippen LogP contribution in [0.1, 0.15) is 22.3 Å². The lowest BCUT2D eigenvalue weighted by Gasteiger charge is -2.14. The molecule has 0 bridgehead atoms. The molecule has 6 aromatic carbocycles. The van der Waals surface area contributed by atoms with Gasteiger partial charge in [-0.25, -0.2) is 0 Å². The minimum absolute atomic E-state index is 1.21. The summed E-state index contributed by atoms with van der Waals surface area (Å²) < 4.78 is 0. The van der Waals surface area contributed by atoms with E-state index in [1.165, 1.54) is 44.5 Å². The fourth-order valence-corrected chi connectivity index (χ4v) is 4.57. The Morgan fingerprint density at radius 2 is 0.650 bits per heavy atom. The van der Waals surface area contributed by atoms with Crippen LogP contribution in [0.5, 0.6) is 0 Å². The highest BCUT2D eigenvalue weighted by molar-refractivity contribution is 5.91. The van der Waals surface area contributed by atoms with Crippen LogP contribution in [0.4, 0.5) is 0 Å². The zero-order chi connectivity index (χ0) is 27.2. The van der Waals surface area contributed by atoms with E-state index in [1.807, 2.05) is 42.5 Å². The molecule has 40 heavy (non-hydrogen) atoms. The Morgan fingerprint density at radius 3 is 1.10 bits per heavy atom. The molecule has 6 aromatic rings. The van der Waals surface area contributed by atoms with Crippen molar-refractivity contribution in [2.45, 2.75) is 0 Å². The molecule has 0 radical (unpaired) electrons. The maximum atomic E-state index is 2.21. The van der Waals surface area contributed by atoms with E-state index in [9.17, 15) is 0 Å². The molecular weight excluding hydrogens is 480 g/mol. The van der Waals surface area contributed by atoms with Gasteiger partial charge in [-0.05, 0) is 44.5 Å². The summed E-state index contributed by atoms with van der Waals surface area (Å²) in [7, 11) is 0. The molecule has 0 atom stereocenters. The minimum atomic E-state index is 1.21. The van der Waals surface area contributed by atoms with Crippen molar-refractivity contribution in [1.82, 2.24) is 0 Å². The first-order valence-electron chi connectivity index (χ1n) is 13.6. The van der Waals surface area contributed by atoms with E-state index in [0.29, 0.717) is 0 Å². The van der Waals surface area contributed by atoms with E-state index < -0.39 is 0 Å². The van der Waals surface area contributed by atoms with Crippen LogP contribution in [0.25, 0.3) is 46.6 Å². The molecule has 0 aliphatic rings. The van der Waals surface area contributed by atoms with Crippen LogP contribution >= 0.6 is 0 Å². The van der Waals surface area contributed by atoms with Gasteiger partial charge in [-0.2, -0.15) is 0 Å². The van der Waals surface area contributed by atoms with E-state index in [2.05, 4.69) is 152 Å². The van der Waals surface area contributed by atoms with Gasteiger partial charge in [0.25, 0.3) is 0 Å². The Balaban J connectivity index is 0.000000194. The SMILES string of the molecule is C(=Cc1cccc(-c2ccccc2)c1-c1ccccc1)c1ccccc1.C(=Cc1ccccc1)c1ccccc1. The third-order valence-electron chi connectivity index (χ3n) is 6.57. The third-order valence-corrected chi connectivity index (χ3v) is 6.57. The predicted octanol–water partition coefficient (Wildman–Crippen LogP) is 11.0. The summed E-state index contributed by atoms with van der Waals surface area (Å²) in [6, 6.07) is 58.8. The van der Waals surface area contributed by atoms with Gasteiger partial charge in [0, 0.05) is 0 Å². The number of hydrogen-bond donors (Lipinski definition) is 0. The monoisotopic (exact) mass is 512 g/mol. The Bertz CT molecular complexity index is 1590. The van der Waals surface area contributed by atoms with E-state index in [0.717, 1.165) is 0 Å². The van der Waals surface area contributed by atoms with Crippen molar-refractivity contribution >= 4 is 24.3 Å². The lowest BCUT2D eigenvalue weighted by atomic mass is 9.90. The molecule has 0 saturated heterocycles. The maximum Gasteiger partial charge on any atom is -0.00328 e. The van der Waals surface area contributed by atoms with E-state index in [4.69, 9.17) is 0 Å². The van der Waals surface area contributed by atoms with Crippen LogP contribution in [-0.2, 0) is 0 Å². The first-order chi connectivity index (χ1) is 19.9. The molecule has 0 fully saturated rings. The second kappa shape index (κ2) is 14.1. The molecule has 0 aliphatic heterocycles. The van der Waals surface area contributed by atoms with Gasteiger partial charge in [-0.1, -0.05) is 194 Å². The maximum absolute atomic E-state index is 2.21. The molecular formula is C40H32. The highest BCUT2D eigenvalue weighted by Crippen LogP contribution is 2.35. The van der Waals surface area contributed by atoms with Crippen LogP contribution in [0.15, 0.2) is 170 Å². The van der Waals surface area contributed by atoms with E-state index in [1.54, 1.807) is 0 Å². The zero-order valence-electron chi connectivity index (χ0n) is 22.5. The van der Waals surface area contributed by atoms with Crippen molar-refractivity contribution in [1.29, 1.82) is 0 Å². The van der Waals surface area contributed by atoms with Gasteiger partial charge in [0.15, 0.2) is 0 Å². The summed E-state index contributed by atoms with van der Waals surface area (Å²) in [5.74, 6) is 0. The number of benzene rings is 6. The second-order valence-corrected chi connectivity index (χ2v) is 9.40. The Labute approximate surface area is 238 Å². The zero-order valence-corrected chi connectivity index (χ0v) is 22.5. The summed E-state index contributed by atoms with van der Waals surface area (Å²) in [5.41, 5.74) is 9.89. The minimum Gasteiger partial charge on any atom is -0.0622 e. The fourth-order valence-electron chi connectivity index (χ4n) is 4.57. The van der Waals surface area contributed by atoms with Gasteiger partial charge in [0.05, 0.1) is 0 Å². The lowest BCUT2D eigenvalue weighted by Crippen LogP contribution is -1.89. The molecule has 0 heteroatoms. The Morgan fingerprint density at radius 1 is 0.275 bits per heavy atom. The van der Waals surface area contributed by atoms with Crippen LogP contribution in [0.2, 0.25) is 0 Å². The third kappa shape index (κ3) is 7.43. The molecule has 0 amide bonds. The van der Waals surface area contributed by atoms with Crippen molar-refractivity contribution in [3.05, 3.63) is 192 Å². The number of hydrogen-bond acceptors (Lipinski definition) is 0. The fraction of sp³-hybridized carbons (Fsp3) is 0. The van der Waals surface area contributed by atoms with Gasteiger partial charge in [0.2, 0.25) is 0 Å².